The largest absolute Gasteiger partial charge is 0.481 e. The first kappa shape index (κ1) is 17.0. The lowest BCUT2D eigenvalue weighted by molar-refractivity contribution is -0.150. The molecule has 1 rings (SSSR count). The van der Waals surface area contributed by atoms with Gasteiger partial charge in [-0.2, -0.15) is 0 Å². The highest BCUT2D eigenvalue weighted by molar-refractivity contribution is 5.84. The summed E-state index contributed by atoms with van der Waals surface area (Å²) < 4.78 is 0. The van der Waals surface area contributed by atoms with Crippen LogP contribution in [0.2, 0.25) is 0 Å². The van der Waals surface area contributed by atoms with Gasteiger partial charge in [-0.1, -0.05) is 26.7 Å². The molecule has 0 heterocycles. The first-order chi connectivity index (χ1) is 9.34. The predicted octanol–water partition coefficient (Wildman–Crippen LogP) is 1.68. The molecule has 0 radical (unpaired) electrons. The third-order valence-electron chi connectivity index (χ3n) is 4.37. The fourth-order valence-electron chi connectivity index (χ4n) is 2.69. The van der Waals surface area contributed by atoms with Crippen molar-refractivity contribution in [3.8, 4) is 0 Å². The number of carbonyl (C=O) groups excluding carboxylic acids is 1. The van der Waals surface area contributed by atoms with E-state index in [-0.39, 0.29) is 5.91 Å². The summed E-state index contributed by atoms with van der Waals surface area (Å²) in [5.41, 5.74) is 0. The smallest absolute Gasteiger partial charge is 0.307 e. The fraction of sp³-hybridized carbons (Fsp3) is 0.867. The molecule has 1 N–H and O–H groups in total. The average Bonchev–Trinajstić information content (AvgIpc) is 2.90. The van der Waals surface area contributed by atoms with E-state index in [0.29, 0.717) is 12.6 Å². The number of carboxylic acids is 1. The lowest BCUT2D eigenvalue weighted by Gasteiger charge is -2.33. The molecule has 2 atom stereocenters. The molecular weight excluding hydrogens is 256 g/mol. The Bertz CT molecular complexity index is 338. The Morgan fingerprint density at radius 2 is 1.65 bits per heavy atom. The van der Waals surface area contributed by atoms with Gasteiger partial charge in [-0.25, -0.2) is 0 Å². The van der Waals surface area contributed by atoms with Gasteiger partial charge >= 0.3 is 5.97 Å². The predicted molar refractivity (Wildman–Crippen MR) is 78.5 cm³/mol. The zero-order chi connectivity index (χ0) is 15.3. The first-order valence-corrected chi connectivity index (χ1v) is 7.52. The molecule has 1 amide bonds. The van der Waals surface area contributed by atoms with Crippen molar-refractivity contribution in [2.75, 3.05) is 27.2 Å². The lowest BCUT2D eigenvalue weighted by atomic mass is 9.94. The molecular formula is C15H28N2O3. The summed E-state index contributed by atoms with van der Waals surface area (Å²) in [6, 6.07) is 0.297. The Hall–Kier alpha value is -1.10. The monoisotopic (exact) mass is 284 g/mol. The second-order valence-corrected chi connectivity index (χ2v) is 6.19. The van der Waals surface area contributed by atoms with E-state index in [2.05, 4.69) is 4.90 Å². The van der Waals surface area contributed by atoms with Crippen LogP contribution < -0.4 is 0 Å². The van der Waals surface area contributed by atoms with Gasteiger partial charge in [-0.3, -0.25) is 9.59 Å². The Balaban J connectivity index is 2.74. The van der Waals surface area contributed by atoms with Gasteiger partial charge in [0, 0.05) is 25.0 Å². The molecule has 0 aliphatic heterocycles. The minimum atomic E-state index is -0.898. The number of hydrogen-bond donors (Lipinski definition) is 1. The number of amides is 1. The van der Waals surface area contributed by atoms with Crippen LogP contribution in [0, 0.1) is 11.8 Å². The van der Waals surface area contributed by atoms with Crippen molar-refractivity contribution in [2.24, 2.45) is 11.8 Å². The van der Waals surface area contributed by atoms with E-state index < -0.39 is 17.8 Å². The van der Waals surface area contributed by atoms with E-state index >= 15 is 0 Å². The van der Waals surface area contributed by atoms with Crippen molar-refractivity contribution < 1.29 is 14.7 Å². The van der Waals surface area contributed by atoms with E-state index in [1.807, 2.05) is 19.0 Å². The van der Waals surface area contributed by atoms with Gasteiger partial charge in [-0.05, 0) is 26.9 Å². The standard InChI is InChI=1S/C15H28N2O3/c1-11(12(2)15(19)20)14(18)17(10-9-16(3)4)13-7-5-6-8-13/h11-13H,5-10H2,1-4H3,(H,19,20). The van der Waals surface area contributed by atoms with Crippen molar-refractivity contribution in [1.82, 2.24) is 9.80 Å². The van der Waals surface area contributed by atoms with Crippen molar-refractivity contribution in [1.29, 1.82) is 0 Å². The van der Waals surface area contributed by atoms with Crippen molar-refractivity contribution in [2.45, 2.75) is 45.6 Å². The van der Waals surface area contributed by atoms with Crippen LogP contribution in [0.5, 0.6) is 0 Å². The molecule has 0 aromatic rings. The number of nitrogens with zero attached hydrogens (tertiary/aromatic N) is 2. The minimum Gasteiger partial charge on any atom is -0.481 e. The van der Waals surface area contributed by atoms with E-state index in [9.17, 15) is 9.59 Å². The zero-order valence-electron chi connectivity index (χ0n) is 13.1. The second-order valence-electron chi connectivity index (χ2n) is 6.19. The summed E-state index contributed by atoms with van der Waals surface area (Å²) in [7, 11) is 3.97. The first-order valence-electron chi connectivity index (χ1n) is 7.52. The van der Waals surface area contributed by atoms with Gasteiger partial charge in [0.1, 0.15) is 0 Å². The topological polar surface area (TPSA) is 60.9 Å². The van der Waals surface area contributed by atoms with Crippen molar-refractivity contribution in [3.63, 3.8) is 0 Å². The third-order valence-corrected chi connectivity index (χ3v) is 4.37. The SMILES string of the molecule is CC(C(=O)O)C(C)C(=O)N(CCN(C)C)C1CCCC1. The summed E-state index contributed by atoms with van der Waals surface area (Å²) in [6.45, 7) is 4.85. The average molecular weight is 284 g/mol. The summed E-state index contributed by atoms with van der Waals surface area (Å²) in [5.74, 6) is -2.00. The maximum atomic E-state index is 12.6. The highest BCUT2D eigenvalue weighted by Crippen LogP contribution is 2.26. The number of aliphatic carboxylic acids is 1. The van der Waals surface area contributed by atoms with Crippen LogP contribution in [0.4, 0.5) is 0 Å². The normalized spacial score (nSPS) is 19.1. The number of hydrogen-bond acceptors (Lipinski definition) is 3. The molecule has 0 spiro atoms. The van der Waals surface area contributed by atoms with Crippen LogP contribution in [0.3, 0.4) is 0 Å². The van der Waals surface area contributed by atoms with Crippen LogP contribution in [0.1, 0.15) is 39.5 Å². The fourth-order valence-corrected chi connectivity index (χ4v) is 2.69. The number of carboxylic acid groups (broad SMARTS) is 1. The van der Waals surface area contributed by atoms with Crippen molar-refractivity contribution >= 4 is 11.9 Å². The maximum Gasteiger partial charge on any atom is 0.307 e. The molecule has 0 aromatic carbocycles. The zero-order valence-corrected chi connectivity index (χ0v) is 13.1. The Labute approximate surface area is 121 Å². The molecule has 0 bridgehead atoms. The summed E-state index contributed by atoms with van der Waals surface area (Å²) in [6.07, 6.45) is 4.43. The molecule has 0 aromatic heterocycles. The van der Waals surface area contributed by atoms with E-state index in [1.165, 1.54) is 12.8 Å². The Morgan fingerprint density at radius 1 is 1.10 bits per heavy atom. The van der Waals surface area contributed by atoms with Gasteiger partial charge in [0.15, 0.2) is 0 Å². The second kappa shape index (κ2) is 7.62. The number of carbonyl (C=O) groups is 2. The molecule has 116 valence electrons. The van der Waals surface area contributed by atoms with Crippen molar-refractivity contribution in [3.05, 3.63) is 0 Å². The molecule has 5 heteroatoms. The van der Waals surface area contributed by atoms with Crippen LogP contribution >= 0.6 is 0 Å². The maximum absolute atomic E-state index is 12.6. The van der Waals surface area contributed by atoms with Crippen LogP contribution in [-0.4, -0.2) is 60.0 Å². The summed E-state index contributed by atoms with van der Waals surface area (Å²) in [4.78, 5) is 27.7. The molecule has 0 saturated heterocycles. The van der Waals surface area contributed by atoms with E-state index in [0.717, 1.165) is 19.4 Å². The van der Waals surface area contributed by atoms with E-state index in [4.69, 9.17) is 5.11 Å². The molecule has 1 aliphatic carbocycles. The number of likely N-dealkylation sites (N-methyl/N-ethyl adjacent to an activating group) is 1. The molecule has 2 unspecified atom stereocenters. The van der Waals surface area contributed by atoms with Gasteiger partial charge in [-0.15, -0.1) is 0 Å². The Kier molecular flexibility index (Phi) is 6.46. The van der Waals surface area contributed by atoms with Gasteiger partial charge in [0.25, 0.3) is 0 Å². The van der Waals surface area contributed by atoms with Gasteiger partial charge in [0.2, 0.25) is 5.91 Å². The highest BCUT2D eigenvalue weighted by atomic mass is 16.4. The third kappa shape index (κ3) is 4.47. The van der Waals surface area contributed by atoms with Crippen LogP contribution in [0.15, 0.2) is 0 Å². The van der Waals surface area contributed by atoms with Gasteiger partial charge in [0.05, 0.1) is 5.92 Å². The quantitative estimate of drug-likeness (QED) is 0.772. The molecule has 1 fully saturated rings. The lowest BCUT2D eigenvalue weighted by Crippen LogP contribution is -2.46. The summed E-state index contributed by atoms with van der Waals surface area (Å²) in [5, 5.41) is 9.09. The number of rotatable bonds is 7. The highest BCUT2D eigenvalue weighted by Gasteiger charge is 2.33. The molecule has 1 saturated carbocycles. The Morgan fingerprint density at radius 3 is 2.10 bits per heavy atom. The summed E-state index contributed by atoms with van der Waals surface area (Å²) >= 11 is 0. The van der Waals surface area contributed by atoms with Crippen LogP contribution in [-0.2, 0) is 9.59 Å². The molecule has 20 heavy (non-hydrogen) atoms. The molecule has 1 aliphatic rings. The molecule has 5 nitrogen and oxygen atoms in total. The van der Waals surface area contributed by atoms with Gasteiger partial charge < -0.3 is 14.9 Å². The van der Waals surface area contributed by atoms with Crippen LogP contribution in [0.25, 0.3) is 0 Å². The minimum absolute atomic E-state index is 0.00588. The van der Waals surface area contributed by atoms with E-state index in [1.54, 1.807) is 13.8 Å².